The van der Waals surface area contributed by atoms with Gasteiger partial charge in [0, 0.05) is 41.0 Å². The summed E-state index contributed by atoms with van der Waals surface area (Å²) in [5.41, 5.74) is 7.72. The second kappa shape index (κ2) is 21.4. The minimum atomic E-state index is -1.44. The molecular weight excluding hydrogens is 693 g/mol. The monoisotopic (exact) mass is 728 g/mol. The van der Waals surface area contributed by atoms with Crippen LogP contribution in [0.15, 0.2) is 113 Å². The maximum atomic E-state index is 10.7. The Morgan fingerprint density at radius 3 is 1.72 bits per heavy atom. The number of allylic oxidation sites excluding steroid dienone is 1. The quantitative estimate of drug-likeness (QED) is 0.160. The Balaban J connectivity index is 0.000000217. The number of hydrogen-bond acceptors (Lipinski definition) is 8. The Morgan fingerprint density at radius 1 is 0.783 bits per heavy atom. The number of aldehydes is 1. The number of benzene rings is 3. The fourth-order valence-corrected chi connectivity index (χ4v) is 4.46. The molecule has 0 spiro atoms. The number of nitrogens with zero attached hydrogens (tertiary/aromatic N) is 5. The second-order valence-corrected chi connectivity index (χ2v) is 10.5. The van der Waals surface area contributed by atoms with E-state index in [1.54, 1.807) is 34.0 Å². The van der Waals surface area contributed by atoms with E-state index >= 15 is 0 Å². The van der Waals surface area contributed by atoms with Crippen LogP contribution in [0.4, 0.5) is 0 Å². The van der Waals surface area contributed by atoms with Crippen LogP contribution in [-0.4, -0.2) is 48.8 Å². The standard InChI is InChI=1S/C11H12N2O.C11H10N2O.C8H9BrO.C4H5N.Mn.2O/c2*1-9-10(8-14)4-2-5-11(9)13-7-3-6-12-13;1-6-7(5-10)3-2-4-8(6)9;1-2-4-5-3-1;;;/h2-7,14H,8H2,1H3;2-8H,1H3;2-4,10H,5H2,1H3;1-3H,4H2;;;. The molecule has 0 bridgehead atoms. The van der Waals surface area contributed by atoms with Crippen LogP contribution in [0.5, 0.6) is 0 Å². The van der Waals surface area contributed by atoms with E-state index < -0.39 is 14.8 Å². The van der Waals surface area contributed by atoms with Gasteiger partial charge in [0.05, 0.1) is 31.1 Å². The van der Waals surface area contributed by atoms with E-state index in [1.165, 1.54) is 0 Å². The molecule has 1 aliphatic heterocycles. The number of halogens is 1. The topological polar surface area (TPSA) is 140 Å². The molecule has 3 heterocycles. The van der Waals surface area contributed by atoms with Crippen LogP contribution in [0.2, 0.25) is 0 Å². The number of carbonyl (C=O) groups excluding carboxylic acids is 1. The summed E-state index contributed by atoms with van der Waals surface area (Å²) in [6.45, 7) is 6.96. The predicted molar refractivity (Wildman–Crippen MR) is 177 cm³/mol. The van der Waals surface area contributed by atoms with Crippen LogP contribution in [0.1, 0.15) is 38.2 Å². The van der Waals surface area contributed by atoms with Crippen LogP contribution < -0.4 is 0 Å². The van der Waals surface area contributed by atoms with Crippen LogP contribution in [0, 0.1) is 20.8 Å². The average Bonchev–Trinajstić information content (AvgIpc) is 3.90. The Hall–Kier alpha value is -4.32. The molecule has 1 aliphatic rings. The Labute approximate surface area is 282 Å². The van der Waals surface area contributed by atoms with Gasteiger partial charge in [-0.2, -0.15) is 10.2 Å². The van der Waals surface area contributed by atoms with Gasteiger partial charge in [-0.1, -0.05) is 58.4 Å². The van der Waals surface area contributed by atoms with Gasteiger partial charge in [0.25, 0.3) is 0 Å². The van der Waals surface area contributed by atoms with Crippen molar-refractivity contribution >= 4 is 28.4 Å². The molecule has 2 N–H and O–H groups in total. The van der Waals surface area contributed by atoms with Gasteiger partial charge < -0.3 is 10.2 Å². The van der Waals surface area contributed by atoms with Crippen LogP contribution in [0.3, 0.4) is 0 Å². The van der Waals surface area contributed by atoms with E-state index in [0.29, 0.717) is 5.56 Å². The molecule has 2 aromatic heterocycles. The number of carbonyl (C=O) groups is 1. The van der Waals surface area contributed by atoms with E-state index in [1.807, 2.05) is 106 Å². The molecule has 10 nitrogen and oxygen atoms in total. The van der Waals surface area contributed by atoms with Crippen LogP contribution in [0.25, 0.3) is 11.4 Å². The zero-order valence-electron chi connectivity index (χ0n) is 25.7. The van der Waals surface area contributed by atoms with Gasteiger partial charge in [-0.3, -0.25) is 9.79 Å². The summed E-state index contributed by atoms with van der Waals surface area (Å²) in [7, 11) is 0. The molecule has 0 fully saturated rings. The van der Waals surface area contributed by atoms with E-state index in [-0.39, 0.29) is 13.2 Å². The molecule has 0 saturated heterocycles. The van der Waals surface area contributed by atoms with Crippen molar-refractivity contribution in [3.05, 3.63) is 142 Å². The zero-order valence-corrected chi connectivity index (χ0v) is 28.5. The van der Waals surface area contributed by atoms with Gasteiger partial charge in [-0.25, -0.2) is 9.36 Å². The van der Waals surface area contributed by atoms with Crippen LogP contribution in [-0.2, 0) is 35.7 Å². The summed E-state index contributed by atoms with van der Waals surface area (Å²) in [5, 5.41) is 26.2. The molecule has 241 valence electrons. The number of rotatable bonds is 5. The first-order valence-corrected chi connectivity index (χ1v) is 15.7. The van der Waals surface area contributed by atoms with Gasteiger partial charge in [-0.05, 0) is 85.0 Å². The first-order valence-electron chi connectivity index (χ1n) is 14.0. The molecule has 0 aliphatic carbocycles. The van der Waals surface area contributed by atoms with Gasteiger partial charge in [0.15, 0.2) is 0 Å². The number of aliphatic imine (C=N–C) groups is 1. The molecule has 5 aromatic rings. The third kappa shape index (κ3) is 11.9. The van der Waals surface area contributed by atoms with Crippen molar-refractivity contribution in [1.82, 2.24) is 19.6 Å². The van der Waals surface area contributed by atoms with E-state index in [9.17, 15) is 4.79 Å². The predicted octanol–water partition coefficient (Wildman–Crippen LogP) is 6.30. The average molecular weight is 730 g/mol. The van der Waals surface area contributed by atoms with Crippen molar-refractivity contribution in [3.8, 4) is 11.4 Å². The molecule has 0 amide bonds. The molecule has 12 heteroatoms. The SMILES string of the molecule is C1=CCN=C1.Cc1c(Br)cccc1CO.Cc1c(C=O)cccc1-n1cccn1.Cc1c(CO)cccc1-n1cccn1.[O]=[Mn]=[O]. The van der Waals surface area contributed by atoms with E-state index in [0.717, 1.165) is 56.5 Å². The normalized spacial score (nSPS) is 10.6. The van der Waals surface area contributed by atoms with Gasteiger partial charge >= 0.3 is 22.5 Å². The van der Waals surface area contributed by atoms with Crippen LogP contribution >= 0.6 is 15.9 Å². The van der Waals surface area contributed by atoms with Crippen molar-refractivity contribution in [3.63, 3.8) is 0 Å². The number of aliphatic hydroxyl groups excluding tert-OH is 2. The summed E-state index contributed by atoms with van der Waals surface area (Å²) in [6, 6.07) is 21.0. The molecule has 0 saturated carbocycles. The summed E-state index contributed by atoms with van der Waals surface area (Å²) < 4.78 is 21.4. The Bertz CT molecular complexity index is 1720. The Morgan fingerprint density at radius 2 is 1.30 bits per heavy atom. The third-order valence-corrected chi connectivity index (χ3v) is 7.51. The van der Waals surface area contributed by atoms with Crippen molar-refractivity contribution in [2.45, 2.75) is 34.0 Å². The molecule has 46 heavy (non-hydrogen) atoms. The minimum absolute atomic E-state index is 0.0704. The van der Waals surface area contributed by atoms with Gasteiger partial charge in [0.2, 0.25) is 0 Å². The fraction of sp³-hybridized carbons (Fsp3) is 0.176. The number of hydrogen-bond donors (Lipinski definition) is 2. The molecule has 6 rings (SSSR count). The van der Waals surface area contributed by atoms with E-state index in [2.05, 4.69) is 31.1 Å². The Kier molecular flexibility index (Phi) is 17.6. The molecular formula is C34H36BrMnN5O5. The fourth-order valence-electron chi connectivity index (χ4n) is 4.06. The molecule has 0 atom stereocenters. The number of aliphatic hydroxyl groups is 2. The van der Waals surface area contributed by atoms with Crippen molar-refractivity contribution < 1.29 is 37.5 Å². The molecule has 0 unspecified atom stereocenters. The third-order valence-electron chi connectivity index (χ3n) is 6.65. The van der Waals surface area contributed by atoms with Crippen molar-refractivity contribution in [2.75, 3.05) is 6.54 Å². The molecule has 3 aromatic carbocycles. The summed E-state index contributed by atoms with van der Waals surface area (Å²) >= 11 is 1.94. The van der Waals surface area contributed by atoms with E-state index in [4.69, 9.17) is 17.9 Å². The summed E-state index contributed by atoms with van der Waals surface area (Å²) in [6.07, 6.45) is 13.8. The first-order chi connectivity index (χ1) is 22.3. The molecule has 0 radical (unpaired) electrons. The van der Waals surface area contributed by atoms with Crippen molar-refractivity contribution in [2.24, 2.45) is 4.99 Å². The van der Waals surface area contributed by atoms with Gasteiger partial charge in [0.1, 0.15) is 6.29 Å². The second-order valence-electron chi connectivity index (χ2n) is 9.42. The van der Waals surface area contributed by atoms with Crippen molar-refractivity contribution in [1.29, 1.82) is 0 Å². The summed E-state index contributed by atoms with van der Waals surface area (Å²) in [5.74, 6) is 0. The maximum absolute atomic E-state index is 10.7. The summed E-state index contributed by atoms with van der Waals surface area (Å²) in [4.78, 5) is 14.6. The first kappa shape index (κ1) is 37.9. The number of aromatic nitrogens is 4. The van der Waals surface area contributed by atoms with Gasteiger partial charge in [-0.15, -0.1) is 0 Å². The zero-order chi connectivity index (χ0) is 33.7.